The number of nitrogens with one attached hydrogen (secondary N) is 1. The fourth-order valence-corrected chi connectivity index (χ4v) is 4.49. The van der Waals surface area contributed by atoms with Crippen molar-refractivity contribution >= 4 is 16.1 Å². The summed E-state index contributed by atoms with van der Waals surface area (Å²) in [7, 11) is -3.59. The SMILES string of the molecule is CCOC(=O)N1CCN(C(CNS(=O)(=O)c2ccccc2)c2ccccc2)CC1. The average molecular weight is 418 g/mol. The zero-order chi connectivity index (χ0) is 20.7. The summed E-state index contributed by atoms with van der Waals surface area (Å²) in [6, 6.07) is 18.1. The molecule has 1 saturated heterocycles. The van der Waals surface area contributed by atoms with Crippen LogP contribution < -0.4 is 4.72 Å². The molecule has 29 heavy (non-hydrogen) atoms. The molecule has 2 aromatic carbocycles. The molecule has 1 N–H and O–H groups in total. The molecule has 1 atom stereocenters. The van der Waals surface area contributed by atoms with E-state index in [1.54, 1.807) is 42.2 Å². The number of rotatable bonds is 7. The Hall–Kier alpha value is -2.42. The lowest BCUT2D eigenvalue weighted by Gasteiger charge is -2.39. The second kappa shape index (κ2) is 9.87. The molecule has 0 bridgehead atoms. The number of benzene rings is 2. The number of amides is 1. The van der Waals surface area contributed by atoms with E-state index in [9.17, 15) is 13.2 Å². The molecule has 0 aromatic heterocycles. The highest BCUT2D eigenvalue weighted by Crippen LogP contribution is 2.22. The number of hydrogen-bond acceptors (Lipinski definition) is 5. The van der Waals surface area contributed by atoms with E-state index in [-0.39, 0.29) is 23.6 Å². The van der Waals surface area contributed by atoms with Gasteiger partial charge in [0.25, 0.3) is 0 Å². The van der Waals surface area contributed by atoms with Gasteiger partial charge in [0.05, 0.1) is 11.5 Å². The number of piperazine rings is 1. The first kappa shape index (κ1) is 21.3. The van der Waals surface area contributed by atoms with E-state index in [0.29, 0.717) is 32.8 Å². The van der Waals surface area contributed by atoms with Crippen LogP contribution in [-0.2, 0) is 14.8 Å². The first-order valence-electron chi connectivity index (χ1n) is 9.76. The van der Waals surface area contributed by atoms with Gasteiger partial charge >= 0.3 is 6.09 Å². The molecule has 0 saturated carbocycles. The van der Waals surface area contributed by atoms with E-state index in [0.717, 1.165) is 5.56 Å². The quantitative estimate of drug-likeness (QED) is 0.749. The molecular weight excluding hydrogens is 390 g/mol. The van der Waals surface area contributed by atoms with Gasteiger partial charge in [0, 0.05) is 38.8 Å². The second-order valence-corrected chi connectivity index (χ2v) is 8.58. The lowest BCUT2D eigenvalue weighted by Crippen LogP contribution is -2.51. The predicted molar refractivity (Wildman–Crippen MR) is 111 cm³/mol. The fourth-order valence-electron chi connectivity index (χ4n) is 3.44. The third kappa shape index (κ3) is 5.56. The normalized spacial score (nSPS) is 16.4. The zero-order valence-corrected chi connectivity index (χ0v) is 17.3. The van der Waals surface area contributed by atoms with Gasteiger partial charge in [-0.25, -0.2) is 17.9 Å². The summed E-state index contributed by atoms with van der Waals surface area (Å²) >= 11 is 0. The molecule has 0 spiro atoms. The third-order valence-electron chi connectivity index (χ3n) is 4.99. The summed E-state index contributed by atoms with van der Waals surface area (Å²) in [5.41, 5.74) is 1.04. The minimum absolute atomic E-state index is 0.126. The van der Waals surface area contributed by atoms with Crippen molar-refractivity contribution in [3.63, 3.8) is 0 Å². The van der Waals surface area contributed by atoms with Crippen LogP contribution in [0.1, 0.15) is 18.5 Å². The lowest BCUT2D eigenvalue weighted by atomic mass is 10.0. The number of nitrogens with zero attached hydrogens (tertiary/aromatic N) is 2. The Balaban J connectivity index is 1.71. The first-order valence-corrected chi connectivity index (χ1v) is 11.2. The van der Waals surface area contributed by atoms with Crippen molar-refractivity contribution in [3.05, 3.63) is 66.2 Å². The standard InChI is InChI=1S/C21H27N3O4S/c1-2-28-21(25)24-15-13-23(14-16-24)20(18-9-5-3-6-10-18)17-22-29(26,27)19-11-7-4-8-12-19/h3-12,20,22H,2,13-17H2,1H3. The number of sulfonamides is 1. The van der Waals surface area contributed by atoms with Crippen LogP contribution in [-0.4, -0.2) is 63.6 Å². The van der Waals surface area contributed by atoms with Crippen molar-refractivity contribution < 1.29 is 17.9 Å². The second-order valence-electron chi connectivity index (χ2n) is 6.81. The molecule has 1 aliphatic rings. The fraction of sp³-hybridized carbons (Fsp3) is 0.381. The van der Waals surface area contributed by atoms with E-state index in [1.165, 1.54) is 0 Å². The van der Waals surface area contributed by atoms with E-state index in [2.05, 4.69) is 9.62 Å². The molecule has 156 valence electrons. The molecule has 0 radical (unpaired) electrons. The Morgan fingerprint density at radius 1 is 1.00 bits per heavy atom. The van der Waals surface area contributed by atoms with Gasteiger partial charge in [-0.3, -0.25) is 4.90 Å². The van der Waals surface area contributed by atoms with E-state index in [1.807, 2.05) is 30.3 Å². The maximum atomic E-state index is 12.7. The first-order chi connectivity index (χ1) is 14.0. The van der Waals surface area contributed by atoms with Gasteiger partial charge in [0.2, 0.25) is 10.0 Å². The van der Waals surface area contributed by atoms with Gasteiger partial charge in [0.15, 0.2) is 0 Å². The van der Waals surface area contributed by atoms with E-state index in [4.69, 9.17) is 4.74 Å². The van der Waals surface area contributed by atoms with Crippen molar-refractivity contribution in [2.75, 3.05) is 39.3 Å². The Morgan fingerprint density at radius 3 is 2.17 bits per heavy atom. The van der Waals surface area contributed by atoms with Crippen LogP contribution in [0.15, 0.2) is 65.6 Å². The van der Waals surface area contributed by atoms with Gasteiger partial charge in [-0.1, -0.05) is 48.5 Å². The summed E-state index contributed by atoms with van der Waals surface area (Å²) in [6.07, 6.45) is -0.298. The summed E-state index contributed by atoms with van der Waals surface area (Å²) in [5, 5.41) is 0. The molecular formula is C21H27N3O4S. The Bertz CT molecular complexity index is 883. The van der Waals surface area contributed by atoms with Gasteiger partial charge in [-0.15, -0.1) is 0 Å². The lowest BCUT2D eigenvalue weighted by molar-refractivity contribution is 0.0665. The number of carbonyl (C=O) groups is 1. The monoisotopic (exact) mass is 417 g/mol. The van der Waals surface area contributed by atoms with Crippen LogP contribution in [0.5, 0.6) is 0 Å². The van der Waals surface area contributed by atoms with Crippen molar-refractivity contribution in [1.82, 2.24) is 14.5 Å². The van der Waals surface area contributed by atoms with Crippen LogP contribution in [0.3, 0.4) is 0 Å². The van der Waals surface area contributed by atoms with Crippen LogP contribution >= 0.6 is 0 Å². The smallest absolute Gasteiger partial charge is 0.409 e. The molecule has 1 amide bonds. The summed E-state index contributed by atoms with van der Waals surface area (Å²) in [5.74, 6) is 0. The zero-order valence-electron chi connectivity index (χ0n) is 16.5. The predicted octanol–water partition coefficient (Wildman–Crippen LogP) is 2.48. The molecule has 0 aliphatic carbocycles. The molecule has 1 fully saturated rings. The largest absolute Gasteiger partial charge is 0.450 e. The number of ether oxygens (including phenoxy) is 1. The van der Waals surface area contributed by atoms with Gasteiger partial charge < -0.3 is 9.64 Å². The molecule has 2 aromatic rings. The molecule has 1 unspecified atom stereocenters. The minimum atomic E-state index is -3.59. The molecule has 8 heteroatoms. The van der Waals surface area contributed by atoms with Crippen molar-refractivity contribution in [2.24, 2.45) is 0 Å². The van der Waals surface area contributed by atoms with Crippen molar-refractivity contribution in [3.8, 4) is 0 Å². The number of hydrogen-bond donors (Lipinski definition) is 1. The van der Waals surface area contributed by atoms with Crippen LogP contribution in [0, 0.1) is 0 Å². The van der Waals surface area contributed by atoms with E-state index < -0.39 is 10.0 Å². The van der Waals surface area contributed by atoms with E-state index >= 15 is 0 Å². The maximum absolute atomic E-state index is 12.7. The van der Waals surface area contributed by atoms with Crippen molar-refractivity contribution in [1.29, 1.82) is 0 Å². The van der Waals surface area contributed by atoms with Gasteiger partial charge in [-0.05, 0) is 24.6 Å². The molecule has 1 heterocycles. The Kier molecular flexibility index (Phi) is 7.24. The number of carbonyl (C=O) groups excluding carboxylic acids is 1. The van der Waals surface area contributed by atoms with Gasteiger partial charge in [-0.2, -0.15) is 0 Å². The Morgan fingerprint density at radius 2 is 1.59 bits per heavy atom. The highest BCUT2D eigenvalue weighted by atomic mass is 32.2. The van der Waals surface area contributed by atoms with Crippen LogP contribution in [0.2, 0.25) is 0 Å². The summed E-state index contributed by atoms with van der Waals surface area (Å²) < 4.78 is 33.2. The minimum Gasteiger partial charge on any atom is -0.450 e. The highest BCUT2D eigenvalue weighted by Gasteiger charge is 2.28. The van der Waals surface area contributed by atoms with Gasteiger partial charge in [0.1, 0.15) is 0 Å². The summed E-state index contributed by atoms with van der Waals surface area (Å²) in [6.45, 7) is 4.78. The molecule has 7 nitrogen and oxygen atoms in total. The molecule has 3 rings (SSSR count). The van der Waals surface area contributed by atoms with Crippen LogP contribution in [0.4, 0.5) is 4.79 Å². The summed E-state index contributed by atoms with van der Waals surface area (Å²) in [4.78, 5) is 16.1. The van der Waals surface area contributed by atoms with Crippen LogP contribution in [0.25, 0.3) is 0 Å². The topological polar surface area (TPSA) is 79.0 Å². The average Bonchev–Trinajstić information content (AvgIpc) is 2.76. The Labute approximate surface area is 172 Å². The highest BCUT2D eigenvalue weighted by molar-refractivity contribution is 7.89. The van der Waals surface area contributed by atoms with Crippen molar-refractivity contribution in [2.45, 2.75) is 17.9 Å². The molecule has 1 aliphatic heterocycles. The maximum Gasteiger partial charge on any atom is 0.409 e. The third-order valence-corrected chi connectivity index (χ3v) is 6.43.